The predicted molar refractivity (Wildman–Crippen MR) is 109 cm³/mol. The van der Waals surface area contributed by atoms with Gasteiger partial charge in [0.2, 0.25) is 5.78 Å². The summed E-state index contributed by atoms with van der Waals surface area (Å²) < 4.78 is 1.89. The van der Waals surface area contributed by atoms with Crippen LogP contribution in [0.15, 0.2) is 61.5 Å². The number of nitrogens with zero attached hydrogens (tertiary/aromatic N) is 4. The van der Waals surface area contributed by atoms with Crippen LogP contribution in [-0.2, 0) is 0 Å². The lowest BCUT2D eigenvalue weighted by Gasteiger charge is -2.06. The molecule has 0 radical (unpaired) electrons. The van der Waals surface area contributed by atoms with Crippen molar-refractivity contribution in [2.45, 2.75) is 20.8 Å². The Balaban J connectivity index is 0.00000117. The van der Waals surface area contributed by atoms with E-state index in [1.54, 1.807) is 18.3 Å². The molecule has 26 heavy (non-hydrogen) atoms. The molecule has 0 aliphatic carbocycles. The molecule has 0 fully saturated rings. The Bertz CT molecular complexity index is 966. The summed E-state index contributed by atoms with van der Waals surface area (Å²) in [5.74, 6) is 1.38. The molecule has 4 N–H and O–H groups in total. The lowest BCUT2D eigenvalue weighted by Crippen LogP contribution is -1.97. The molecule has 6 heteroatoms. The average molecular weight is 348 g/mol. The first kappa shape index (κ1) is 18.9. The Kier molecular flexibility index (Phi) is 6.27. The zero-order chi connectivity index (χ0) is 19.1. The molecule has 0 atom stereocenters. The van der Waals surface area contributed by atoms with Crippen LogP contribution in [0.3, 0.4) is 0 Å². The van der Waals surface area contributed by atoms with Crippen LogP contribution < -0.4 is 11.5 Å². The highest BCUT2D eigenvalue weighted by Crippen LogP contribution is 2.31. The first-order chi connectivity index (χ1) is 12.6. The number of aromatic nitrogens is 4. The third kappa shape index (κ3) is 3.80. The molecule has 6 nitrogen and oxygen atoms in total. The summed E-state index contributed by atoms with van der Waals surface area (Å²) in [6.45, 7) is 9.73. The van der Waals surface area contributed by atoms with Crippen LogP contribution in [0, 0.1) is 0 Å². The minimum absolute atomic E-state index is 0.417. The number of fused-ring (bicyclic) bond motifs is 1. The van der Waals surface area contributed by atoms with Gasteiger partial charge in [0, 0.05) is 23.5 Å². The third-order valence-corrected chi connectivity index (χ3v) is 3.49. The molecule has 0 saturated heterocycles. The number of pyridine rings is 1. The molecule has 0 aromatic carbocycles. The first-order valence-corrected chi connectivity index (χ1v) is 8.46. The fraction of sp³-hybridized carbons (Fsp3) is 0.150. The van der Waals surface area contributed by atoms with Crippen molar-refractivity contribution in [3.05, 3.63) is 67.2 Å². The van der Waals surface area contributed by atoms with Crippen LogP contribution >= 0.6 is 0 Å². The highest BCUT2D eigenvalue weighted by Gasteiger charge is 2.17. The molecule has 0 saturated carbocycles. The summed E-state index contributed by atoms with van der Waals surface area (Å²) in [5, 5.41) is 0. The minimum atomic E-state index is 0.417. The summed E-state index contributed by atoms with van der Waals surface area (Å²) in [6.07, 6.45) is 11.1. The van der Waals surface area contributed by atoms with Crippen molar-refractivity contribution in [2.75, 3.05) is 11.5 Å². The van der Waals surface area contributed by atoms with E-state index in [0.717, 1.165) is 22.5 Å². The number of nitrogens with two attached hydrogens (primary N) is 2. The topological polar surface area (TPSA) is 95.1 Å². The van der Waals surface area contributed by atoms with E-state index in [0.29, 0.717) is 17.4 Å². The van der Waals surface area contributed by atoms with Gasteiger partial charge in [-0.2, -0.15) is 4.98 Å². The summed E-state index contributed by atoms with van der Waals surface area (Å²) >= 11 is 0. The maximum absolute atomic E-state index is 5.86. The van der Waals surface area contributed by atoms with Gasteiger partial charge in [-0.1, -0.05) is 44.7 Å². The van der Waals surface area contributed by atoms with Gasteiger partial charge in [-0.05, 0) is 25.1 Å². The fourth-order valence-electron chi connectivity index (χ4n) is 2.54. The molecular formula is C20H24N6. The van der Waals surface area contributed by atoms with Crippen molar-refractivity contribution in [2.24, 2.45) is 0 Å². The number of hydrogen-bond acceptors (Lipinski definition) is 5. The van der Waals surface area contributed by atoms with E-state index in [2.05, 4.69) is 21.5 Å². The monoisotopic (exact) mass is 348 g/mol. The van der Waals surface area contributed by atoms with Crippen LogP contribution in [0.4, 0.5) is 11.6 Å². The lowest BCUT2D eigenvalue weighted by molar-refractivity contribution is 1.12. The van der Waals surface area contributed by atoms with Gasteiger partial charge in [0.05, 0.1) is 11.4 Å². The zero-order valence-corrected chi connectivity index (χ0v) is 15.3. The number of allylic oxidation sites excluding steroid dienone is 5. The second kappa shape index (κ2) is 8.62. The largest absolute Gasteiger partial charge is 0.384 e. The van der Waals surface area contributed by atoms with Crippen molar-refractivity contribution >= 4 is 23.0 Å². The minimum Gasteiger partial charge on any atom is -0.384 e. The lowest BCUT2D eigenvalue weighted by atomic mass is 10.0. The van der Waals surface area contributed by atoms with Gasteiger partial charge in [0.15, 0.2) is 0 Å². The van der Waals surface area contributed by atoms with Crippen molar-refractivity contribution in [1.29, 1.82) is 0 Å². The van der Waals surface area contributed by atoms with Crippen LogP contribution in [0.5, 0.6) is 0 Å². The standard InChI is InChI=1S/C18H18N6.C2H6/c1-3-5-12(6-4-2)16-17(13-7-9-21-15(20)11-13)24-10-8-14(19)22-18(24)23-16;1-2/h3-11H,1H2,2H3,(H2,20,21)(H2,19,22,23);1-2H3/b6-4-,12-5+;. The van der Waals surface area contributed by atoms with Gasteiger partial charge in [-0.3, -0.25) is 4.40 Å². The molecule has 134 valence electrons. The van der Waals surface area contributed by atoms with E-state index in [9.17, 15) is 0 Å². The van der Waals surface area contributed by atoms with Gasteiger partial charge in [0.1, 0.15) is 11.6 Å². The molecule has 3 rings (SSSR count). The number of imidazole rings is 1. The molecular weight excluding hydrogens is 324 g/mol. The van der Waals surface area contributed by atoms with Crippen molar-refractivity contribution in [3.8, 4) is 11.3 Å². The van der Waals surface area contributed by atoms with Crippen molar-refractivity contribution < 1.29 is 0 Å². The molecule has 0 aliphatic rings. The molecule has 0 unspecified atom stereocenters. The van der Waals surface area contributed by atoms with Gasteiger partial charge in [-0.25, -0.2) is 9.97 Å². The van der Waals surface area contributed by atoms with Crippen LogP contribution in [0.2, 0.25) is 0 Å². The Hall–Kier alpha value is -3.41. The number of anilines is 2. The van der Waals surface area contributed by atoms with Gasteiger partial charge >= 0.3 is 0 Å². The van der Waals surface area contributed by atoms with Crippen LogP contribution in [-0.4, -0.2) is 19.4 Å². The Morgan fingerprint density at radius 1 is 1.15 bits per heavy atom. The second-order valence-electron chi connectivity index (χ2n) is 5.16. The number of rotatable bonds is 4. The maximum atomic E-state index is 5.86. The normalized spacial score (nSPS) is 11.4. The van der Waals surface area contributed by atoms with E-state index in [-0.39, 0.29) is 0 Å². The highest BCUT2D eigenvalue weighted by molar-refractivity contribution is 5.85. The summed E-state index contributed by atoms with van der Waals surface area (Å²) in [5.41, 5.74) is 15.1. The molecule has 3 aromatic heterocycles. The van der Waals surface area contributed by atoms with Gasteiger partial charge in [0.25, 0.3) is 0 Å². The smallest absolute Gasteiger partial charge is 0.236 e. The average Bonchev–Trinajstić information content (AvgIpc) is 3.01. The summed E-state index contributed by atoms with van der Waals surface area (Å²) in [6, 6.07) is 5.43. The molecule has 0 bridgehead atoms. The number of hydrogen-bond donors (Lipinski definition) is 2. The van der Waals surface area contributed by atoms with Crippen molar-refractivity contribution in [1.82, 2.24) is 19.4 Å². The number of nitrogen functional groups attached to an aromatic ring is 2. The van der Waals surface area contributed by atoms with Gasteiger partial charge in [-0.15, -0.1) is 0 Å². The zero-order valence-electron chi connectivity index (χ0n) is 15.3. The van der Waals surface area contributed by atoms with E-state index in [1.165, 1.54) is 0 Å². The first-order valence-electron chi connectivity index (χ1n) is 8.46. The molecule has 3 aromatic rings. The van der Waals surface area contributed by atoms with E-state index >= 15 is 0 Å². The predicted octanol–water partition coefficient (Wildman–Crippen LogP) is 4.13. The van der Waals surface area contributed by atoms with E-state index < -0.39 is 0 Å². The summed E-state index contributed by atoms with van der Waals surface area (Å²) in [7, 11) is 0. The molecule has 0 spiro atoms. The van der Waals surface area contributed by atoms with Crippen molar-refractivity contribution in [3.63, 3.8) is 0 Å². The Morgan fingerprint density at radius 3 is 2.58 bits per heavy atom. The van der Waals surface area contributed by atoms with Gasteiger partial charge < -0.3 is 11.5 Å². The van der Waals surface area contributed by atoms with Crippen LogP contribution in [0.25, 0.3) is 22.6 Å². The SMILES string of the molecule is C=C/C=C(\C=C/C)c1nc2nc(N)ccn2c1-c1ccnc(N)c1.CC. The summed E-state index contributed by atoms with van der Waals surface area (Å²) in [4.78, 5) is 13.0. The molecule has 0 aliphatic heterocycles. The fourth-order valence-corrected chi connectivity index (χ4v) is 2.54. The quantitative estimate of drug-likeness (QED) is 0.691. The Labute approximate surface area is 153 Å². The van der Waals surface area contributed by atoms with E-state index in [4.69, 9.17) is 11.5 Å². The second-order valence-corrected chi connectivity index (χ2v) is 5.16. The Morgan fingerprint density at radius 2 is 1.92 bits per heavy atom. The molecule has 0 amide bonds. The van der Waals surface area contributed by atoms with Crippen LogP contribution in [0.1, 0.15) is 26.5 Å². The molecule has 3 heterocycles. The highest BCUT2D eigenvalue weighted by atomic mass is 15.1. The third-order valence-electron chi connectivity index (χ3n) is 3.49. The maximum Gasteiger partial charge on any atom is 0.236 e. The van der Waals surface area contributed by atoms with E-state index in [1.807, 2.05) is 61.7 Å².